The highest BCUT2D eigenvalue weighted by Crippen LogP contribution is 2.11. The lowest BCUT2D eigenvalue weighted by atomic mass is 9.95. The number of carbonyl (C=O) groups excluding carboxylic acids is 3. The lowest BCUT2D eigenvalue weighted by Gasteiger charge is -2.34. The number of aryl methyl sites for hydroxylation is 1. The van der Waals surface area contributed by atoms with Crippen LogP contribution in [0.2, 0.25) is 0 Å². The molecule has 1 saturated heterocycles. The Balaban J connectivity index is 0.000000266. The molecule has 0 spiro atoms. The molecule has 1 aliphatic heterocycles. The van der Waals surface area contributed by atoms with Gasteiger partial charge in [-0.1, -0.05) is 44.4 Å². The van der Waals surface area contributed by atoms with Crippen LogP contribution in [-0.2, 0) is 20.8 Å². The Morgan fingerprint density at radius 3 is 2.56 bits per heavy atom. The van der Waals surface area contributed by atoms with E-state index in [4.69, 9.17) is 13.6 Å². The zero-order valence-electron chi connectivity index (χ0n) is 20.2. The lowest BCUT2D eigenvalue weighted by Crippen LogP contribution is -2.60. The van der Waals surface area contributed by atoms with Crippen molar-refractivity contribution in [1.82, 2.24) is 20.7 Å². The third kappa shape index (κ3) is 7.53. The summed E-state index contributed by atoms with van der Waals surface area (Å²) in [6, 6.07) is 8.57. The second-order valence-corrected chi connectivity index (χ2v) is 8.74. The standard InChI is InChI=1S/C13H24N4O4.C11H10BN/c1-7(2)10(18)12(20)15-8(3)13(21)17-6-4-5-9(16-17)11(14)19;1-2-10-6-4-8-3-5-9(12)7-11(8)13-10/h7-10,16,18H,4-6H2,1-3H3,(H2,14,19)(H,15,20);3-7H,2H2,1H3. The van der Waals surface area contributed by atoms with Gasteiger partial charge in [-0.05, 0) is 44.2 Å². The van der Waals surface area contributed by atoms with Crippen molar-refractivity contribution in [3.63, 3.8) is 0 Å². The highest BCUT2D eigenvalue weighted by molar-refractivity contribution is 6.33. The van der Waals surface area contributed by atoms with E-state index in [0.29, 0.717) is 19.4 Å². The minimum Gasteiger partial charge on any atom is -0.383 e. The largest absolute Gasteiger partial charge is 0.383 e. The highest BCUT2D eigenvalue weighted by atomic mass is 16.3. The number of hydrogen-bond acceptors (Lipinski definition) is 6. The fourth-order valence-corrected chi connectivity index (χ4v) is 3.42. The summed E-state index contributed by atoms with van der Waals surface area (Å²) >= 11 is 0. The Morgan fingerprint density at radius 1 is 1.26 bits per heavy atom. The molecule has 3 amide bonds. The molecule has 5 N–H and O–H groups in total. The van der Waals surface area contributed by atoms with Crippen molar-refractivity contribution >= 4 is 41.9 Å². The molecular weight excluding hydrogens is 433 g/mol. The molecule has 0 saturated carbocycles. The number of aliphatic hydroxyl groups excluding tert-OH is 1. The molecule has 1 aromatic heterocycles. The Kier molecular flexibility index (Phi) is 10.0. The number of nitrogens with zero attached hydrogens (tertiary/aromatic N) is 2. The van der Waals surface area contributed by atoms with Gasteiger partial charge in [0, 0.05) is 17.6 Å². The monoisotopic (exact) mass is 467 g/mol. The number of primary amides is 1. The summed E-state index contributed by atoms with van der Waals surface area (Å²) in [6.45, 7) is 7.49. The van der Waals surface area contributed by atoms with Crippen molar-refractivity contribution in [2.24, 2.45) is 11.7 Å². The number of aliphatic hydroxyl groups is 1. The summed E-state index contributed by atoms with van der Waals surface area (Å²) in [5, 5.41) is 14.5. The number of hydrogen-bond donors (Lipinski definition) is 4. The molecule has 1 fully saturated rings. The Labute approximate surface area is 201 Å². The first kappa shape index (κ1) is 27.3. The Bertz CT molecular complexity index is 1020. The van der Waals surface area contributed by atoms with Gasteiger partial charge in [-0.25, -0.2) is 5.43 Å². The van der Waals surface area contributed by atoms with Crippen LogP contribution in [0.4, 0.5) is 0 Å². The molecule has 2 aromatic rings. The summed E-state index contributed by atoms with van der Waals surface area (Å²) in [7, 11) is 5.68. The zero-order chi connectivity index (χ0) is 25.4. The predicted molar refractivity (Wildman–Crippen MR) is 132 cm³/mol. The number of nitrogens with one attached hydrogen (secondary N) is 2. The van der Waals surface area contributed by atoms with E-state index in [1.807, 2.05) is 18.2 Å². The van der Waals surface area contributed by atoms with Crippen LogP contribution in [0.3, 0.4) is 0 Å². The van der Waals surface area contributed by atoms with Gasteiger partial charge in [-0.15, -0.1) is 0 Å². The van der Waals surface area contributed by atoms with Gasteiger partial charge in [0.1, 0.15) is 26.0 Å². The minimum atomic E-state index is -1.16. The average molecular weight is 467 g/mol. The second-order valence-electron chi connectivity index (χ2n) is 8.74. The number of amides is 3. The first-order valence-corrected chi connectivity index (χ1v) is 11.5. The molecule has 3 atom stereocenters. The van der Waals surface area contributed by atoms with Crippen LogP contribution in [-0.4, -0.2) is 65.4 Å². The fraction of sp³-hybridized carbons (Fsp3) is 0.500. The van der Waals surface area contributed by atoms with Crippen LogP contribution in [0.25, 0.3) is 10.9 Å². The van der Waals surface area contributed by atoms with E-state index in [1.54, 1.807) is 13.8 Å². The van der Waals surface area contributed by atoms with Crippen molar-refractivity contribution in [2.45, 2.75) is 65.1 Å². The quantitative estimate of drug-likeness (QED) is 0.444. The predicted octanol–water partition coefficient (Wildman–Crippen LogP) is 0.0799. The SMILES string of the molecule is CC(NC(=O)C(O)C(C)C)C(=O)N1CCCC(C(N)=O)N1.[B]c1ccc2ccc(CC)nc2c1. The molecule has 2 radical (unpaired) electrons. The molecule has 3 unspecified atom stereocenters. The van der Waals surface area contributed by atoms with Crippen molar-refractivity contribution in [3.05, 3.63) is 36.0 Å². The van der Waals surface area contributed by atoms with E-state index in [0.717, 1.165) is 28.5 Å². The number of hydrazine groups is 1. The third-order valence-electron chi connectivity index (χ3n) is 5.56. The summed E-state index contributed by atoms with van der Waals surface area (Å²) in [4.78, 5) is 39.6. The number of nitrogens with two attached hydrogens (primary N) is 1. The van der Waals surface area contributed by atoms with Gasteiger partial charge < -0.3 is 16.2 Å². The molecule has 1 aromatic carbocycles. The first-order chi connectivity index (χ1) is 16.0. The molecule has 9 nitrogen and oxygen atoms in total. The molecule has 10 heteroatoms. The molecule has 0 bridgehead atoms. The van der Waals surface area contributed by atoms with E-state index >= 15 is 0 Å². The summed E-state index contributed by atoms with van der Waals surface area (Å²) in [5.41, 5.74) is 10.8. The van der Waals surface area contributed by atoms with E-state index < -0.39 is 30.0 Å². The maximum atomic E-state index is 12.2. The Morgan fingerprint density at radius 2 is 1.94 bits per heavy atom. The molecular formula is C24H34BN5O4. The van der Waals surface area contributed by atoms with Crippen LogP contribution < -0.4 is 21.9 Å². The van der Waals surface area contributed by atoms with Crippen molar-refractivity contribution < 1.29 is 19.5 Å². The summed E-state index contributed by atoms with van der Waals surface area (Å²) in [6.07, 6.45) is 1.03. The van der Waals surface area contributed by atoms with Crippen molar-refractivity contribution in [3.8, 4) is 0 Å². The average Bonchev–Trinajstić information content (AvgIpc) is 2.82. The number of aromatic nitrogens is 1. The van der Waals surface area contributed by atoms with Crippen LogP contribution >= 0.6 is 0 Å². The van der Waals surface area contributed by atoms with Crippen molar-refractivity contribution in [1.29, 1.82) is 0 Å². The van der Waals surface area contributed by atoms with Crippen LogP contribution in [0, 0.1) is 5.92 Å². The molecule has 0 aliphatic carbocycles. The van der Waals surface area contributed by atoms with Gasteiger partial charge >= 0.3 is 0 Å². The highest BCUT2D eigenvalue weighted by Gasteiger charge is 2.30. The van der Waals surface area contributed by atoms with Gasteiger partial charge in [-0.2, -0.15) is 0 Å². The molecule has 34 heavy (non-hydrogen) atoms. The zero-order valence-corrected chi connectivity index (χ0v) is 20.2. The maximum absolute atomic E-state index is 12.2. The number of benzene rings is 1. The maximum Gasteiger partial charge on any atom is 0.258 e. The second kappa shape index (κ2) is 12.5. The number of pyridine rings is 1. The topological polar surface area (TPSA) is 138 Å². The third-order valence-corrected chi connectivity index (χ3v) is 5.56. The summed E-state index contributed by atoms with van der Waals surface area (Å²) < 4.78 is 0. The smallest absolute Gasteiger partial charge is 0.258 e. The number of fused-ring (bicyclic) bond motifs is 1. The van der Waals surface area contributed by atoms with Gasteiger partial charge in [0.15, 0.2) is 0 Å². The fourth-order valence-electron chi connectivity index (χ4n) is 3.42. The van der Waals surface area contributed by atoms with Crippen LogP contribution in [0.1, 0.15) is 46.2 Å². The van der Waals surface area contributed by atoms with Crippen LogP contribution in [0.5, 0.6) is 0 Å². The van der Waals surface area contributed by atoms with Gasteiger partial charge in [0.2, 0.25) is 11.8 Å². The Hall–Kier alpha value is -2.98. The summed E-state index contributed by atoms with van der Waals surface area (Å²) in [5.74, 6) is -1.71. The lowest BCUT2D eigenvalue weighted by molar-refractivity contribution is -0.144. The van der Waals surface area contributed by atoms with E-state index in [9.17, 15) is 19.5 Å². The van der Waals surface area contributed by atoms with E-state index in [1.165, 1.54) is 11.9 Å². The van der Waals surface area contributed by atoms with Gasteiger partial charge in [-0.3, -0.25) is 24.4 Å². The van der Waals surface area contributed by atoms with Gasteiger partial charge in [0.25, 0.3) is 5.91 Å². The first-order valence-electron chi connectivity index (χ1n) is 11.5. The molecule has 2 heterocycles. The van der Waals surface area contributed by atoms with E-state index in [2.05, 4.69) is 34.8 Å². The minimum absolute atomic E-state index is 0.236. The number of carbonyl (C=O) groups is 3. The molecule has 182 valence electrons. The molecule has 3 rings (SSSR count). The van der Waals surface area contributed by atoms with E-state index in [-0.39, 0.29) is 11.8 Å². The normalized spacial score (nSPS) is 17.5. The van der Waals surface area contributed by atoms with Crippen LogP contribution in [0.15, 0.2) is 30.3 Å². The molecule has 1 aliphatic rings. The number of rotatable bonds is 6. The van der Waals surface area contributed by atoms with Gasteiger partial charge in [0.05, 0.1) is 5.52 Å². The van der Waals surface area contributed by atoms with Crippen molar-refractivity contribution in [2.75, 3.05) is 6.54 Å².